The number of amidine groups is 1. The Morgan fingerprint density at radius 2 is 1.89 bits per heavy atom. The summed E-state index contributed by atoms with van der Waals surface area (Å²) in [6.45, 7) is 2.41. The van der Waals surface area contributed by atoms with Crippen molar-refractivity contribution in [1.82, 2.24) is 0 Å². The van der Waals surface area contributed by atoms with E-state index in [-0.39, 0.29) is 18.2 Å². The van der Waals surface area contributed by atoms with Gasteiger partial charge in [-0.25, -0.2) is 9.29 Å². The standard InChI is InChI=1S/C19H17ClFN3O2S/c1-2-22-19(23-14-7-3-12(20)4-8-14)27-16-11-17(25)24(18(16)26)15-9-5-13(21)6-10-15/h3-10,16H,2,11H2,1H3,(H,22,23). The molecule has 2 aromatic carbocycles. The fourth-order valence-corrected chi connectivity index (χ4v) is 3.81. The van der Waals surface area contributed by atoms with Gasteiger partial charge < -0.3 is 5.32 Å². The SMILES string of the molecule is CCN=C(Nc1ccc(Cl)cc1)SC1CC(=O)N(c2ccc(F)cc2)C1=O. The summed E-state index contributed by atoms with van der Waals surface area (Å²) in [6, 6.07) is 12.4. The predicted octanol–water partition coefficient (Wildman–Crippen LogP) is 4.33. The van der Waals surface area contributed by atoms with Gasteiger partial charge in [0.05, 0.1) is 5.69 Å². The minimum absolute atomic E-state index is 0.0614. The Kier molecular flexibility index (Phi) is 6.13. The number of hydrogen-bond acceptors (Lipinski definition) is 4. The molecule has 1 fully saturated rings. The van der Waals surface area contributed by atoms with Gasteiger partial charge in [0.15, 0.2) is 5.17 Å². The molecule has 5 nitrogen and oxygen atoms in total. The summed E-state index contributed by atoms with van der Waals surface area (Å²) in [4.78, 5) is 30.5. The predicted molar refractivity (Wildman–Crippen MR) is 108 cm³/mol. The Balaban J connectivity index is 1.74. The van der Waals surface area contributed by atoms with Crippen LogP contribution in [0.25, 0.3) is 0 Å². The summed E-state index contributed by atoms with van der Waals surface area (Å²) in [7, 11) is 0. The second-order valence-corrected chi connectivity index (χ2v) is 7.39. The van der Waals surface area contributed by atoms with Crippen LogP contribution in [0.4, 0.5) is 15.8 Å². The summed E-state index contributed by atoms with van der Waals surface area (Å²) in [5.41, 5.74) is 1.15. The summed E-state index contributed by atoms with van der Waals surface area (Å²) in [5, 5.41) is 3.73. The first-order valence-electron chi connectivity index (χ1n) is 8.34. The van der Waals surface area contributed by atoms with E-state index in [0.717, 1.165) is 10.6 Å². The third-order valence-corrected chi connectivity index (χ3v) is 5.20. The molecule has 0 saturated carbocycles. The quantitative estimate of drug-likeness (QED) is 0.467. The monoisotopic (exact) mass is 405 g/mol. The molecule has 1 heterocycles. The van der Waals surface area contributed by atoms with Crippen LogP contribution < -0.4 is 10.2 Å². The van der Waals surface area contributed by atoms with Gasteiger partial charge in [-0.1, -0.05) is 23.4 Å². The number of nitrogens with zero attached hydrogens (tertiary/aromatic N) is 2. The van der Waals surface area contributed by atoms with E-state index in [1.807, 2.05) is 6.92 Å². The minimum Gasteiger partial charge on any atom is -0.335 e. The molecule has 140 valence electrons. The van der Waals surface area contributed by atoms with Crippen LogP contribution in [0.15, 0.2) is 53.5 Å². The molecule has 2 amide bonds. The lowest BCUT2D eigenvalue weighted by molar-refractivity contribution is -0.121. The van der Waals surface area contributed by atoms with Crippen molar-refractivity contribution in [3.8, 4) is 0 Å². The van der Waals surface area contributed by atoms with Gasteiger partial charge >= 0.3 is 0 Å². The highest BCUT2D eigenvalue weighted by atomic mass is 35.5. The summed E-state index contributed by atoms with van der Waals surface area (Å²) < 4.78 is 13.1. The van der Waals surface area contributed by atoms with E-state index in [0.29, 0.717) is 22.4 Å². The third kappa shape index (κ3) is 4.67. The zero-order valence-electron chi connectivity index (χ0n) is 14.5. The number of amides is 2. The number of benzene rings is 2. The van der Waals surface area contributed by atoms with Crippen molar-refractivity contribution >= 4 is 51.7 Å². The zero-order chi connectivity index (χ0) is 19.4. The molecule has 0 spiro atoms. The van der Waals surface area contributed by atoms with Crippen molar-refractivity contribution in [2.45, 2.75) is 18.6 Å². The highest BCUT2D eigenvalue weighted by Crippen LogP contribution is 2.31. The van der Waals surface area contributed by atoms with Crippen molar-refractivity contribution in [2.75, 3.05) is 16.8 Å². The van der Waals surface area contributed by atoms with Crippen molar-refractivity contribution in [3.63, 3.8) is 0 Å². The molecule has 0 bridgehead atoms. The molecule has 1 unspecified atom stereocenters. The van der Waals surface area contributed by atoms with Crippen LogP contribution in [0, 0.1) is 5.82 Å². The molecular weight excluding hydrogens is 389 g/mol. The first kappa shape index (κ1) is 19.4. The molecule has 1 N–H and O–H groups in total. The number of thioether (sulfide) groups is 1. The summed E-state index contributed by atoms with van der Waals surface area (Å²) >= 11 is 7.10. The fraction of sp³-hybridized carbons (Fsp3) is 0.211. The van der Waals surface area contributed by atoms with Gasteiger partial charge in [0.2, 0.25) is 11.8 Å². The van der Waals surface area contributed by atoms with Gasteiger partial charge in [-0.2, -0.15) is 0 Å². The average molecular weight is 406 g/mol. The Morgan fingerprint density at radius 1 is 1.22 bits per heavy atom. The van der Waals surface area contributed by atoms with Crippen molar-refractivity contribution < 1.29 is 14.0 Å². The maximum absolute atomic E-state index is 13.1. The molecule has 8 heteroatoms. The van der Waals surface area contributed by atoms with E-state index >= 15 is 0 Å². The number of imide groups is 1. The van der Waals surface area contributed by atoms with E-state index in [4.69, 9.17) is 11.6 Å². The van der Waals surface area contributed by atoms with Crippen LogP contribution in [-0.4, -0.2) is 28.8 Å². The van der Waals surface area contributed by atoms with E-state index in [2.05, 4.69) is 10.3 Å². The lowest BCUT2D eigenvalue weighted by Gasteiger charge is -2.16. The van der Waals surface area contributed by atoms with Crippen molar-refractivity contribution in [2.24, 2.45) is 4.99 Å². The molecule has 0 aliphatic carbocycles. The van der Waals surface area contributed by atoms with Crippen LogP contribution in [-0.2, 0) is 9.59 Å². The van der Waals surface area contributed by atoms with E-state index < -0.39 is 11.1 Å². The number of anilines is 2. The largest absolute Gasteiger partial charge is 0.335 e. The highest BCUT2D eigenvalue weighted by Gasteiger charge is 2.40. The summed E-state index contributed by atoms with van der Waals surface area (Å²) in [6.07, 6.45) is 0.0614. The number of nitrogens with one attached hydrogen (secondary N) is 1. The first-order chi connectivity index (χ1) is 13.0. The topological polar surface area (TPSA) is 61.8 Å². The molecule has 0 radical (unpaired) electrons. The van der Waals surface area contributed by atoms with Gasteiger partial charge in [0.25, 0.3) is 0 Å². The highest BCUT2D eigenvalue weighted by molar-refractivity contribution is 8.15. The number of halogens is 2. The molecule has 1 saturated heterocycles. The van der Waals surface area contributed by atoms with Crippen LogP contribution in [0.1, 0.15) is 13.3 Å². The lowest BCUT2D eigenvalue weighted by atomic mass is 10.3. The van der Waals surface area contributed by atoms with Gasteiger partial charge in [0.1, 0.15) is 11.1 Å². The molecule has 27 heavy (non-hydrogen) atoms. The van der Waals surface area contributed by atoms with Crippen LogP contribution in [0.5, 0.6) is 0 Å². The molecule has 1 aliphatic rings. The van der Waals surface area contributed by atoms with Gasteiger partial charge in [-0.15, -0.1) is 0 Å². The van der Waals surface area contributed by atoms with E-state index in [9.17, 15) is 14.0 Å². The third-order valence-electron chi connectivity index (χ3n) is 3.84. The second kappa shape index (κ2) is 8.54. The van der Waals surface area contributed by atoms with Crippen LogP contribution in [0.3, 0.4) is 0 Å². The fourth-order valence-electron chi connectivity index (χ4n) is 2.60. The van der Waals surface area contributed by atoms with Crippen LogP contribution >= 0.6 is 23.4 Å². The number of rotatable bonds is 4. The molecule has 3 rings (SSSR count). The van der Waals surface area contributed by atoms with Crippen molar-refractivity contribution in [3.05, 3.63) is 59.4 Å². The average Bonchev–Trinajstić information content (AvgIpc) is 2.92. The van der Waals surface area contributed by atoms with Gasteiger partial charge in [-0.3, -0.25) is 14.6 Å². The Labute approximate surface area is 165 Å². The lowest BCUT2D eigenvalue weighted by Crippen LogP contribution is -2.31. The normalized spacial score (nSPS) is 17.5. The molecule has 2 aromatic rings. The maximum atomic E-state index is 13.1. The Bertz CT molecular complexity index is 872. The zero-order valence-corrected chi connectivity index (χ0v) is 16.1. The van der Waals surface area contributed by atoms with Gasteiger partial charge in [-0.05, 0) is 55.5 Å². The maximum Gasteiger partial charge on any atom is 0.247 e. The summed E-state index contributed by atoms with van der Waals surface area (Å²) in [5.74, 6) is -1.07. The van der Waals surface area contributed by atoms with Crippen LogP contribution in [0.2, 0.25) is 5.02 Å². The number of aliphatic imine (C=N–C) groups is 1. The first-order valence-corrected chi connectivity index (χ1v) is 9.59. The Hall–Kier alpha value is -2.38. The second-order valence-electron chi connectivity index (χ2n) is 5.77. The molecule has 0 aromatic heterocycles. The number of hydrogen-bond donors (Lipinski definition) is 1. The molecule has 1 atom stereocenters. The van der Waals surface area contributed by atoms with Gasteiger partial charge in [0, 0.05) is 23.7 Å². The smallest absolute Gasteiger partial charge is 0.247 e. The molecule has 1 aliphatic heterocycles. The van der Waals surface area contributed by atoms with E-state index in [1.54, 1.807) is 24.3 Å². The number of carbonyl (C=O) groups excluding carboxylic acids is 2. The molecular formula is C19H17ClFN3O2S. The van der Waals surface area contributed by atoms with E-state index in [1.165, 1.54) is 36.0 Å². The Morgan fingerprint density at radius 3 is 2.52 bits per heavy atom. The minimum atomic E-state index is -0.590. The van der Waals surface area contributed by atoms with Crippen molar-refractivity contribution in [1.29, 1.82) is 0 Å². The number of carbonyl (C=O) groups is 2.